The Balaban J connectivity index is 1.57. The molecule has 140 valence electrons. The zero-order valence-corrected chi connectivity index (χ0v) is 17.4. The molecule has 0 N–H and O–H groups in total. The van der Waals surface area contributed by atoms with Gasteiger partial charge in [-0.3, -0.25) is 4.98 Å². The van der Waals surface area contributed by atoms with E-state index >= 15 is 0 Å². The molecule has 4 aliphatic rings. The Morgan fingerprint density at radius 2 is 1.85 bits per heavy atom. The van der Waals surface area contributed by atoms with Crippen molar-refractivity contribution in [2.24, 2.45) is 22.2 Å². The first-order chi connectivity index (χ1) is 12.0. The van der Waals surface area contributed by atoms with E-state index < -0.39 is 0 Å². The summed E-state index contributed by atoms with van der Waals surface area (Å²) in [6.45, 7) is 14.3. The fraction of sp³-hybridized carbons (Fsp3) is 0.750. The van der Waals surface area contributed by atoms with Gasteiger partial charge in [0.25, 0.3) is 0 Å². The van der Waals surface area contributed by atoms with Crippen LogP contribution in [-0.4, -0.2) is 4.98 Å². The maximum Gasteiger partial charge on any atom is 0.0624 e. The third kappa shape index (κ3) is 2.07. The highest BCUT2D eigenvalue weighted by molar-refractivity contribution is 5.40. The van der Waals surface area contributed by atoms with E-state index in [0.29, 0.717) is 22.2 Å². The summed E-state index contributed by atoms with van der Waals surface area (Å²) in [5.41, 5.74) is 4.37. The molecule has 0 aliphatic heterocycles. The fourth-order valence-corrected chi connectivity index (χ4v) is 6.84. The number of aromatic nitrogens is 1. The highest BCUT2D eigenvalue weighted by atomic mass is 14.9. The van der Waals surface area contributed by atoms with Crippen LogP contribution < -0.4 is 0 Å². The molecule has 1 aromatic rings. The molecule has 0 aromatic carbocycles. The van der Waals surface area contributed by atoms with Gasteiger partial charge in [0.05, 0.1) is 6.07 Å². The van der Waals surface area contributed by atoms with E-state index in [1.807, 2.05) is 6.20 Å². The molecule has 1 aromatic heterocycles. The Kier molecular flexibility index (Phi) is 3.55. The lowest BCUT2D eigenvalue weighted by molar-refractivity contribution is -0.251. The molecule has 2 atom stereocenters. The van der Waals surface area contributed by atoms with Crippen LogP contribution in [0.3, 0.4) is 0 Å². The first kappa shape index (κ1) is 18.0. The SMILES string of the molecule is CC(C)(C)c1ccnc(C23CC(C4(C)CCC(CC#N)C4(C)C)(C2)C3)c1. The minimum atomic E-state index is 0.183. The van der Waals surface area contributed by atoms with E-state index in [0.717, 1.165) is 6.42 Å². The van der Waals surface area contributed by atoms with Crippen molar-refractivity contribution in [3.05, 3.63) is 29.6 Å². The molecule has 1 heterocycles. The first-order valence-corrected chi connectivity index (χ1v) is 10.3. The zero-order valence-electron chi connectivity index (χ0n) is 17.4. The highest BCUT2D eigenvalue weighted by Gasteiger charge is 2.78. The Morgan fingerprint density at radius 3 is 2.42 bits per heavy atom. The molecule has 2 unspecified atom stereocenters. The standard InChI is InChI=1S/C24H34N2/c1-20(2,3)18-9-12-26-19(13-18)23-14-24(15-23,16-23)22(6)10-7-17(8-11-25)21(22,4)5/h9,12-13,17H,7-8,10,14-16H2,1-6H3. The van der Waals surface area contributed by atoms with Crippen molar-refractivity contribution in [1.29, 1.82) is 5.26 Å². The van der Waals surface area contributed by atoms with Crippen molar-refractivity contribution < 1.29 is 0 Å². The lowest BCUT2D eigenvalue weighted by Crippen LogP contribution is -2.72. The molecule has 0 amide bonds. The molecule has 2 nitrogen and oxygen atoms in total. The second-order valence-corrected chi connectivity index (χ2v) is 11.4. The second kappa shape index (κ2) is 5.12. The lowest BCUT2D eigenvalue weighted by Gasteiger charge is -2.78. The Labute approximate surface area is 159 Å². The van der Waals surface area contributed by atoms with Crippen molar-refractivity contribution in [2.45, 2.75) is 90.9 Å². The Hall–Kier alpha value is -1.36. The van der Waals surface area contributed by atoms with E-state index in [2.05, 4.69) is 59.7 Å². The van der Waals surface area contributed by atoms with Gasteiger partial charge in [-0.15, -0.1) is 0 Å². The van der Waals surface area contributed by atoms with Gasteiger partial charge in [-0.2, -0.15) is 5.26 Å². The van der Waals surface area contributed by atoms with Crippen molar-refractivity contribution in [2.75, 3.05) is 0 Å². The van der Waals surface area contributed by atoms with Gasteiger partial charge < -0.3 is 0 Å². The highest BCUT2D eigenvalue weighted by Crippen LogP contribution is 2.84. The molecule has 4 aliphatic carbocycles. The van der Waals surface area contributed by atoms with Crippen LogP contribution in [0, 0.1) is 33.5 Å². The smallest absolute Gasteiger partial charge is 0.0624 e. The molecule has 0 saturated heterocycles. The van der Waals surface area contributed by atoms with Gasteiger partial charge in [0, 0.05) is 23.7 Å². The fourth-order valence-electron chi connectivity index (χ4n) is 6.84. The number of rotatable bonds is 3. The molecule has 4 fully saturated rings. The largest absolute Gasteiger partial charge is 0.261 e. The molecule has 0 radical (unpaired) electrons. The predicted octanol–water partition coefficient (Wildman–Crippen LogP) is 6.16. The van der Waals surface area contributed by atoms with Gasteiger partial charge >= 0.3 is 0 Å². The minimum absolute atomic E-state index is 0.183. The van der Waals surface area contributed by atoms with Crippen LogP contribution in [0.25, 0.3) is 0 Å². The molecule has 26 heavy (non-hydrogen) atoms. The average molecular weight is 351 g/mol. The van der Waals surface area contributed by atoms with E-state index in [9.17, 15) is 5.26 Å². The van der Waals surface area contributed by atoms with Crippen molar-refractivity contribution >= 4 is 0 Å². The molecule has 4 saturated carbocycles. The van der Waals surface area contributed by atoms with E-state index in [-0.39, 0.29) is 10.8 Å². The van der Waals surface area contributed by atoms with Gasteiger partial charge in [-0.05, 0) is 77.4 Å². The first-order valence-electron chi connectivity index (χ1n) is 10.3. The van der Waals surface area contributed by atoms with Gasteiger partial charge in [0.2, 0.25) is 0 Å². The van der Waals surface area contributed by atoms with Crippen LogP contribution in [0.1, 0.15) is 91.3 Å². The summed E-state index contributed by atoms with van der Waals surface area (Å²) < 4.78 is 0. The summed E-state index contributed by atoms with van der Waals surface area (Å²) >= 11 is 0. The lowest BCUT2D eigenvalue weighted by atomic mass is 9.26. The molecule has 2 bridgehead atoms. The summed E-state index contributed by atoms with van der Waals surface area (Å²) in [4.78, 5) is 4.80. The average Bonchev–Trinajstić information content (AvgIpc) is 2.69. The van der Waals surface area contributed by atoms with E-state index in [1.54, 1.807) is 0 Å². The predicted molar refractivity (Wildman–Crippen MR) is 106 cm³/mol. The van der Waals surface area contributed by atoms with Crippen molar-refractivity contribution in [1.82, 2.24) is 4.98 Å². The van der Waals surface area contributed by atoms with Crippen LogP contribution >= 0.6 is 0 Å². The van der Waals surface area contributed by atoms with Crippen molar-refractivity contribution in [3.8, 4) is 6.07 Å². The van der Waals surface area contributed by atoms with Crippen LogP contribution in [0.4, 0.5) is 0 Å². The van der Waals surface area contributed by atoms with Gasteiger partial charge in [-0.25, -0.2) is 0 Å². The summed E-state index contributed by atoms with van der Waals surface area (Å²) in [5, 5.41) is 9.24. The summed E-state index contributed by atoms with van der Waals surface area (Å²) in [6, 6.07) is 7.00. The number of hydrogen-bond donors (Lipinski definition) is 0. The third-order valence-corrected chi connectivity index (χ3v) is 9.14. The van der Waals surface area contributed by atoms with Crippen molar-refractivity contribution in [3.63, 3.8) is 0 Å². The van der Waals surface area contributed by atoms with Crippen LogP contribution in [-0.2, 0) is 10.8 Å². The summed E-state index contributed by atoms with van der Waals surface area (Å²) in [6.07, 6.45) is 9.17. The monoisotopic (exact) mass is 350 g/mol. The maximum absolute atomic E-state index is 9.24. The van der Waals surface area contributed by atoms with E-state index in [1.165, 1.54) is 43.4 Å². The summed E-state index contributed by atoms with van der Waals surface area (Å²) in [7, 11) is 0. The normalized spacial score (nSPS) is 40.4. The number of hydrogen-bond acceptors (Lipinski definition) is 2. The number of nitrogens with zero attached hydrogens (tertiary/aromatic N) is 2. The Morgan fingerprint density at radius 1 is 1.19 bits per heavy atom. The van der Waals surface area contributed by atoms with Crippen LogP contribution in [0.15, 0.2) is 18.3 Å². The minimum Gasteiger partial charge on any atom is -0.261 e. The molecular weight excluding hydrogens is 316 g/mol. The third-order valence-electron chi connectivity index (χ3n) is 9.14. The van der Waals surface area contributed by atoms with Crippen LogP contribution in [0.5, 0.6) is 0 Å². The van der Waals surface area contributed by atoms with Gasteiger partial charge in [-0.1, -0.05) is 41.5 Å². The molecule has 5 rings (SSSR count). The zero-order chi connectivity index (χ0) is 19.0. The van der Waals surface area contributed by atoms with Crippen LogP contribution in [0.2, 0.25) is 0 Å². The second-order valence-electron chi connectivity index (χ2n) is 11.4. The summed E-state index contributed by atoms with van der Waals surface area (Å²) in [5.74, 6) is 0.560. The van der Waals surface area contributed by atoms with Gasteiger partial charge in [0.15, 0.2) is 0 Å². The topological polar surface area (TPSA) is 36.7 Å². The van der Waals surface area contributed by atoms with Gasteiger partial charge in [0.1, 0.15) is 0 Å². The quantitative estimate of drug-likeness (QED) is 0.655. The maximum atomic E-state index is 9.24. The van der Waals surface area contributed by atoms with E-state index in [4.69, 9.17) is 4.98 Å². The Bertz CT molecular complexity index is 756. The number of pyridine rings is 1. The molecular formula is C24H34N2. The number of nitriles is 1. The molecule has 2 heteroatoms. The molecule has 0 spiro atoms.